The third kappa shape index (κ3) is 3.22. The molecule has 0 radical (unpaired) electrons. The Balaban J connectivity index is 1.35. The number of carbonyl (C=O) groups excluding carboxylic acids is 1. The van der Waals surface area contributed by atoms with Crippen LogP contribution in [0.2, 0.25) is 0 Å². The monoisotopic (exact) mass is 504 g/mol. The molecule has 5 fully saturated rings. The van der Waals surface area contributed by atoms with Gasteiger partial charge in [-0.25, -0.2) is 0 Å². The van der Waals surface area contributed by atoms with E-state index in [0.29, 0.717) is 49.1 Å². The van der Waals surface area contributed by atoms with E-state index < -0.39 is 11.4 Å². The van der Waals surface area contributed by atoms with E-state index in [9.17, 15) is 9.90 Å². The van der Waals surface area contributed by atoms with Crippen molar-refractivity contribution in [2.24, 2.45) is 34.0 Å². The van der Waals surface area contributed by atoms with Crippen molar-refractivity contribution in [3.63, 3.8) is 0 Å². The van der Waals surface area contributed by atoms with E-state index in [1.807, 2.05) is 0 Å². The normalized spacial score (nSPS) is 44.9. The second-order valence-corrected chi connectivity index (χ2v) is 14.9. The van der Waals surface area contributed by atoms with Crippen LogP contribution in [-0.4, -0.2) is 35.5 Å². The molecule has 0 amide bonds. The molecule has 4 heteroatoms. The summed E-state index contributed by atoms with van der Waals surface area (Å²) >= 11 is 0. The number of Topliss-reactive ketones (excluding diaryl/α,β-unsaturated/α-hetero) is 1. The number of ketones is 1. The van der Waals surface area contributed by atoms with Gasteiger partial charge in [-0.3, -0.25) is 4.79 Å². The summed E-state index contributed by atoms with van der Waals surface area (Å²) in [7, 11) is 0. The molecule has 200 valence electrons. The summed E-state index contributed by atoms with van der Waals surface area (Å²) in [6.07, 6.45) is 7.75. The number of hydrogen-bond donors (Lipinski definition) is 1. The van der Waals surface area contributed by atoms with Gasteiger partial charge in [0.25, 0.3) is 0 Å². The highest BCUT2D eigenvalue weighted by atomic mass is 16.7. The zero-order valence-corrected chi connectivity index (χ0v) is 23.2. The van der Waals surface area contributed by atoms with Gasteiger partial charge in [0.05, 0.1) is 18.8 Å². The van der Waals surface area contributed by atoms with Crippen LogP contribution >= 0.6 is 0 Å². The van der Waals surface area contributed by atoms with Gasteiger partial charge >= 0.3 is 0 Å². The molecule has 0 aromatic heterocycles. The second-order valence-electron chi connectivity index (χ2n) is 14.9. The summed E-state index contributed by atoms with van der Waals surface area (Å²) in [6, 6.07) is 6.91. The molecule has 0 bridgehead atoms. The van der Waals surface area contributed by atoms with Crippen LogP contribution in [0.4, 0.5) is 0 Å². The fourth-order valence-corrected chi connectivity index (χ4v) is 10.3. The fraction of sp³-hybridized carbons (Fsp3) is 0.727. The minimum absolute atomic E-state index is 0.0112. The number of rotatable bonds is 1. The molecule has 5 aliphatic carbocycles. The predicted octanol–water partition coefficient (Wildman–Crippen LogP) is 6.45. The van der Waals surface area contributed by atoms with Crippen molar-refractivity contribution in [1.29, 1.82) is 0 Å². The summed E-state index contributed by atoms with van der Waals surface area (Å²) in [4.78, 5) is 13.3. The third-order valence-electron chi connectivity index (χ3n) is 12.2. The molecule has 1 aliphatic heterocycles. The second kappa shape index (κ2) is 7.58. The molecule has 1 aromatic rings. The number of carbonyl (C=O) groups is 1. The van der Waals surface area contributed by atoms with Crippen LogP contribution in [-0.2, 0) is 20.7 Å². The molecule has 4 nitrogen and oxygen atoms in total. The molecule has 1 heterocycles. The van der Waals surface area contributed by atoms with E-state index in [2.05, 4.69) is 52.5 Å². The van der Waals surface area contributed by atoms with Gasteiger partial charge in [0.2, 0.25) is 0 Å². The number of aliphatic hydroxyl groups is 1. The number of hydrogen-bond acceptors (Lipinski definition) is 4. The van der Waals surface area contributed by atoms with E-state index in [1.165, 1.54) is 16.7 Å². The average molecular weight is 505 g/mol. The summed E-state index contributed by atoms with van der Waals surface area (Å²) in [6.45, 7) is 14.3. The molecular formula is C33H44O4. The highest BCUT2D eigenvalue weighted by Gasteiger charge is 2.72. The Morgan fingerprint density at radius 2 is 1.84 bits per heavy atom. The smallest absolute Gasteiger partial charge is 0.171 e. The Kier molecular flexibility index (Phi) is 5.03. The van der Waals surface area contributed by atoms with Crippen molar-refractivity contribution in [3.05, 3.63) is 41.5 Å². The van der Waals surface area contributed by atoms with E-state index >= 15 is 0 Å². The van der Waals surface area contributed by atoms with Crippen LogP contribution in [0.5, 0.6) is 0 Å². The van der Waals surface area contributed by atoms with Crippen LogP contribution in [0.1, 0.15) is 102 Å². The minimum atomic E-state index is -0.820. The van der Waals surface area contributed by atoms with E-state index in [4.69, 9.17) is 9.47 Å². The zero-order valence-electron chi connectivity index (χ0n) is 23.2. The lowest BCUT2D eigenvalue weighted by Crippen LogP contribution is -2.70. The van der Waals surface area contributed by atoms with Crippen LogP contribution in [0.25, 0.3) is 5.57 Å². The first-order chi connectivity index (χ1) is 17.4. The zero-order chi connectivity index (χ0) is 26.0. The molecule has 4 saturated carbocycles. The third-order valence-corrected chi connectivity index (χ3v) is 12.2. The van der Waals surface area contributed by atoms with Crippen molar-refractivity contribution in [2.45, 2.75) is 103 Å². The fourth-order valence-electron chi connectivity index (χ4n) is 10.3. The maximum absolute atomic E-state index is 13.3. The molecule has 1 N–H and O–H groups in total. The lowest BCUT2D eigenvalue weighted by atomic mass is 9.37. The van der Waals surface area contributed by atoms with Crippen molar-refractivity contribution in [1.82, 2.24) is 0 Å². The quantitative estimate of drug-likeness (QED) is 0.478. The number of ether oxygens (including phenoxy) is 2. The van der Waals surface area contributed by atoms with Crippen LogP contribution in [0.15, 0.2) is 24.8 Å². The highest BCUT2D eigenvalue weighted by molar-refractivity contribution is 5.87. The molecule has 2 unspecified atom stereocenters. The van der Waals surface area contributed by atoms with Crippen LogP contribution in [0.3, 0.4) is 0 Å². The lowest BCUT2D eigenvalue weighted by Gasteiger charge is -2.69. The standard InChI is InChI=1S/C33H44O4/c1-20(2)21-6-7-23-22(14-21)15-31-12-13-33(36-18-29(3,4)19-37-33)17-32(31,35)11-10-24-26-8-9-27(34)30(26,5)16-25(23)28(24)31/h6-7,14,24-26,28,35H,1,8-13,15-19H2,2-5H3/t24-,25?,26-,28?,30-,31-,32+/m0/s1. The van der Waals surface area contributed by atoms with Gasteiger partial charge < -0.3 is 14.6 Å². The molecule has 1 aromatic carbocycles. The Labute approximate surface area is 222 Å². The lowest BCUT2D eigenvalue weighted by molar-refractivity contribution is -0.357. The summed E-state index contributed by atoms with van der Waals surface area (Å²) in [5, 5.41) is 12.8. The van der Waals surface area contributed by atoms with Gasteiger partial charge in [-0.2, -0.15) is 0 Å². The number of allylic oxidation sites excluding steroid dienone is 1. The van der Waals surface area contributed by atoms with Crippen LogP contribution < -0.4 is 0 Å². The van der Waals surface area contributed by atoms with Gasteiger partial charge in [-0.05, 0) is 85.8 Å². The first kappa shape index (κ1) is 24.5. The van der Waals surface area contributed by atoms with Crippen molar-refractivity contribution >= 4 is 11.4 Å². The first-order valence-electron chi connectivity index (χ1n) is 14.7. The maximum Gasteiger partial charge on any atom is 0.171 e. The Bertz CT molecular complexity index is 1170. The summed E-state index contributed by atoms with van der Waals surface area (Å²) in [5.41, 5.74) is 3.85. The van der Waals surface area contributed by atoms with Gasteiger partial charge in [0, 0.05) is 35.5 Å². The van der Waals surface area contributed by atoms with E-state index in [0.717, 1.165) is 56.9 Å². The molecule has 7 atom stereocenters. The topological polar surface area (TPSA) is 55.8 Å². The number of fused-ring (bicyclic) bond motifs is 4. The van der Waals surface area contributed by atoms with Crippen LogP contribution in [0, 0.1) is 34.0 Å². The first-order valence-corrected chi connectivity index (χ1v) is 14.7. The molecule has 7 rings (SSSR count). The van der Waals surface area contributed by atoms with Gasteiger partial charge in [-0.15, -0.1) is 0 Å². The van der Waals surface area contributed by atoms with Gasteiger partial charge in [0.15, 0.2) is 5.79 Å². The Morgan fingerprint density at radius 1 is 1.08 bits per heavy atom. The summed E-state index contributed by atoms with van der Waals surface area (Å²) < 4.78 is 13.0. The molecular weight excluding hydrogens is 460 g/mol. The maximum atomic E-state index is 13.3. The predicted molar refractivity (Wildman–Crippen MR) is 144 cm³/mol. The Hall–Kier alpha value is -1.49. The molecule has 1 saturated heterocycles. The largest absolute Gasteiger partial charge is 0.389 e. The summed E-state index contributed by atoms with van der Waals surface area (Å²) in [5.74, 6) is 1.51. The van der Waals surface area contributed by atoms with Crippen molar-refractivity contribution in [2.75, 3.05) is 13.2 Å². The van der Waals surface area contributed by atoms with Crippen molar-refractivity contribution in [3.8, 4) is 0 Å². The van der Waals surface area contributed by atoms with Gasteiger partial charge in [0.1, 0.15) is 5.78 Å². The SMILES string of the molecule is C=C(C)c1ccc2c(c1)C[C@]13CCC4(C[C@]1(O)CC[C@@H]1C3C2C[C@]2(C)C(=O)CC[C@@H]12)OCC(C)(C)CO4. The number of benzene rings is 1. The Morgan fingerprint density at radius 3 is 2.57 bits per heavy atom. The van der Waals surface area contributed by atoms with Crippen molar-refractivity contribution < 1.29 is 19.4 Å². The molecule has 2 spiro atoms. The minimum Gasteiger partial charge on any atom is -0.389 e. The molecule has 37 heavy (non-hydrogen) atoms. The highest BCUT2D eigenvalue weighted by Crippen LogP contribution is 2.73. The molecule has 6 aliphatic rings. The van der Waals surface area contributed by atoms with E-state index in [1.54, 1.807) is 0 Å². The average Bonchev–Trinajstić information content (AvgIpc) is 3.15. The van der Waals surface area contributed by atoms with Gasteiger partial charge in [-0.1, -0.05) is 51.1 Å². The van der Waals surface area contributed by atoms with E-state index in [-0.39, 0.29) is 16.2 Å².